The van der Waals surface area contributed by atoms with E-state index in [1.54, 1.807) is 11.3 Å². The number of rotatable bonds is 6. The molecule has 0 saturated carbocycles. The lowest BCUT2D eigenvalue weighted by Crippen LogP contribution is -2.44. The smallest absolute Gasteiger partial charge is 0.239 e. The Labute approximate surface area is 148 Å². The van der Waals surface area contributed by atoms with Crippen molar-refractivity contribution >= 4 is 33.2 Å². The number of nitrogens with one attached hydrogen (secondary N) is 1. The lowest BCUT2D eigenvalue weighted by Gasteiger charge is -2.16. The van der Waals surface area contributed by atoms with Crippen LogP contribution in [0.25, 0.3) is 10.6 Å². The van der Waals surface area contributed by atoms with Gasteiger partial charge in [-0.2, -0.15) is 0 Å². The average Bonchev–Trinajstić information content (AvgIpc) is 2.89. The van der Waals surface area contributed by atoms with Crippen molar-refractivity contribution in [2.75, 3.05) is 13.7 Å². The van der Waals surface area contributed by atoms with Crippen molar-refractivity contribution in [1.29, 1.82) is 0 Å². The van der Waals surface area contributed by atoms with Crippen LogP contribution in [-0.4, -0.2) is 30.6 Å². The number of methoxy groups -OCH3 is 1. The minimum absolute atomic E-state index is 0.154. The standard InChI is InChI=1S/C16H20BrN3O2S/c1-9(19-15(21)13(18)8-22-3)14-10(2)20-16(23-14)11-6-4-5-7-12(11)17/h4-7,9,13H,8,18H2,1-3H3,(H,19,21). The number of nitrogens with two attached hydrogens (primary N) is 1. The molecule has 5 nitrogen and oxygen atoms in total. The Kier molecular flexibility index (Phi) is 6.29. The molecule has 2 rings (SSSR count). The zero-order chi connectivity index (χ0) is 17.0. The van der Waals surface area contributed by atoms with Gasteiger partial charge in [0.2, 0.25) is 5.91 Å². The number of halogens is 1. The predicted molar refractivity (Wildman–Crippen MR) is 96.4 cm³/mol. The van der Waals surface area contributed by atoms with Crippen molar-refractivity contribution in [3.8, 4) is 10.6 Å². The summed E-state index contributed by atoms with van der Waals surface area (Å²) in [4.78, 5) is 17.7. The number of aryl methyl sites for hydroxylation is 1. The molecule has 1 heterocycles. The van der Waals surface area contributed by atoms with E-state index in [0.29, 0.717) is 0 Å². The maximum absolute atomic E-state index is 12.0. The first kappa shape index (κ1) is 18.1. The van der Waals surface area contributed by atoms with Crippen molar-refractivity contribution < 1.29 is 9.53 Å². The molecule has 1 aromatic heterocycles. The lowest BCUT2D eigenvalue weighted by molar-refractivity contribution is -0.124. The van der Waals surface area contributed by atoms with Crippen LogP contribution in [0.2, 0.25) is 0 Å². The van der Waals surface area contributed by atoms with Crippen molar-refractivity contribution in [3.05, 3.63) is 39.3 Å². The molecule has 7 heteroatoms. The molecule has 1 aromatic carbocycles. The predicted octanol–water partition coefficient (Wildman–Crippen LogP) is 3.03. The Morgan fingerprint density at radius 2 is 2.17 bits per heavy atom. The van der Waals surface area contributed by atoms with Crippen LogP contribution in [0.3, 0.4) is 0 Å². The summed E-state index contributed by atoms with van der Waals surface area (Å²) < 4.78 is 5.91. The highest BCUT2D eigenvalue weighted by Crippen LogP contribution is 2.35. The SMILES string of the molecule is COCC(N)C(=O)NC(C)c1sc(-c2ccccc2Br)nc1C. The Hall–Kier alpha value is -1.28. The molecule has 0 bridgehead atoms. The molecule has 0 aliphatic carbocycles. The van der Waals surface area contributed by atoms with Gasteiger partial charge in [-0.25, -0.2) is 4.98 Å². The number of aromatic nitrogens is 1. The monoisotopic (exact) mass is 397 g/mol. The number of carbonyl (C=O) groups excluding carboxylic acids is 1. The van der Waals surface area contributed by atoms with Crippen LogP contribution >= 0.6 is 27.3 Å². The van der Waals surface area contributed by atoms with Crippen LogP contribution in [0.4, 0.5) is 0 Å². The lowest BCUT2D eigenvalue weighted by atomic mass is 10.2. The Morgan fingerprint density at radius 1 is 1.48 bits per heavy atom. The second-order valence-electron chi connectivity index (χ2n) is 5.24. The minimum Gasteiger partial charge on any atom is -0.383 e. The Morgan fingerprint density at radius 3 is 2.83 bits per heavy atom. The molecule has 0 aliphatic heterocycles. The Bertz CT molecular complexity index is 690. The molecule has 2 atom stereocenters. The van der Waals surface area contributed by atoms with Crippen molar-refractivity contribution in [2.45, 2.75) is 25.9 Å². The summed E-state index contributed by atoms with van der Waals surface area (Å²) in [7, 11) is 1.52. The van der Waals surface area contributed by atoms with E-state index in [1.807, 2.05) is 38.1 Å². The van der Waals surface area contributed by atoms with Crippen LogP contribution in [0.15, 0.2) is 28.7 Å². The summed E-state index contributed by atoms with van der Waals surface area (Å²) in [5.74, 6) is -0.227. The molecular formula is C16H20BrN3O2S. The molecule has 0 radical (unpaired) electrons. The van der Waals surface area contributed by atoms with E-state index in [-0.39, 0.29) is 18.6 Å². The fraction of sp³-hybridized carbons (Fsp3) is 0.375. The zero-order valence-electron chi connectivity index (χ0n) is 13.3. The van der Waals surface area contributed by atoms with E-state index in [2.05, 4.69) is 26.2 Å². The molecule has 0 aliphatic rings. The molecule has 2 unspecified atom stereocenters. The second-order valence-corrected chi connectivity index (χ2v) is 7.13. The zero-order valence-corrected chi connectivity index (χ0v) is 15.7. The summed E-state index contributed by atoms with van der Waals surface area (Å²) >= 11 is 5.12. The summed E-state index contributed by atoms with van der Waals surface area (Å²) in [5, 5.41) is 3.84. The average molecular weight is 398 g/mol. The first-order chi connectivity index (χ1) is 10.9. The number of carbonyl (C=O) groups is 1. The topological polar surface area (TPSA) is 77.2 Å². The molecule has 2 aromatic rings. The second kappa shape index (κ2) is 8.01. The highest BCUT2D eigenvalue weighted by atomic mass is 79.9. The summed E-state index contributed by atoms with van der Waals surface area (Å²) in [6.07, 6.45) is 0. The number of hydrogen-bond acceptors (Lipinski definition) is 5. The molecule has 0 spiro atoms. The molecule has 23 heavy (non-hydrogen) atoms. The van der Waals surface area contributed by atoms with E-state index in [1.165, 1.54) is 7.11 Å². The van der Waals surface area contributed by atoms with Gasteiger partial charge in [0.25, 0.3) is 0 Å². The fourth-order valence-electron chi connectivity index (χ4n) is 2.20. The van der Waals surface area contributed by atoms with Crippen LogP contribution < -0.4 is 11.1 Å². The van der Waals surface area contributed by atoms with Gasteiger partial charge in [-0.3, -0.25) is 4.79 Å². The van der Waals surface area contributed by atoms with E-state index >= 15 is 0 Å². The van der Waals surface area contributed by atoms with Crippen LogP contribution in [0.5, 0.6) is 0 Å². The minimum atomic E-state index is -0.668. The molecule has 3 N–H and O–H groups in total. The van der Waals surface area contributed by atoms with Gasteiger partial charge < -0.3 is 15.8 Å². The molecular weight excluding hydrogens is 378 g/mol. The largest absolute Gasteiger partial charge is 0.383 e. The maximum Gasteiger partial charge on any atom is 0.239 e. The number of hydrogen-bond donors (Lipinski definition) is 2. The van der Waals surface area contributed by atoms with E-state index < -0.39 is 6.04 Å². The van der Waals surface area contributed by atoms with Gasteiger partial charge in [0.15, 0.2) is 0 Å². The third-order valence-electron chi connectivity index (χ3n) is 3.37. The molecule has 1 amide bonds. The fourth-order valence-corrected chi connectivity index (χ4v) is 3.91. The summed E-state index contributed by atoms with van der Waals surface area (Å²) in [5.41, 5.74) is 7.71. The van der Waals surface area contributed by atoms with Gasteiger partial charge in [0.05, 0.1) is 23.2 Å². The molecule has 0 fully saturated rings. The normalized spacial score (nSPS) is 13.6. The van der Waals surface area contributed by atoms with E-state index in [9.17, 15) is 4.79 Å². The van der Waals surface area contributed by atoms with E-state index in [4.69, 9.17) is 10.5 Å². The van der Waals surface area contributed by atoms with Crippen LogP contribution in [0.1, 0.15) is 23.5 Å². The van der Waals surface area contributed by atoms with Crippen LogP contribution in [-0.2, 0) is 9.53 Å². The maximum atomic E-state index is 12.0. The van der Waals surface area contributed by atoms with Gasteiger partial charge in [-0.05, 0) is 19.9 Å². The van der Waals surface area contributed by atoms with Crippen LogP contribution in [0, 0.1) is 6.92 Å². The quantitative estimate of drug-likeness (QED) is 0.784. The summed E-state index contributed by atoms with van der Waals surface area (Å²) in [6, 6.07) is 7.13. The first-order valence-corrected chi connectivity index (χ1v) is 8.82. The van der Waals surface area contributed by atoms with E-state index in [0.717, 1.165) is 25.6 Å². The van der Waals surface area contributed by atoms with Crippen molar-refractivity contribution in [1.82, 2.24) is 10.3 Å². The number of ether oxygens (including phenoxy) is 1. The third-order valence-corrected chi connectivity index (χ3v) is 5.44. The number of thiazole rings is 1. The number of nitrogens with zero attached hydrogens (tertiary/aromatic N) is 1. The highest BCUT2D eigenvalue weighted by Gasteiger charge is 2.20. The van der Waals surface area contributed by atoms with Gasteiger partial charge >= 0.3 is 0 Å². The molecule has 124 valence electrons. The van der Waals surface area contributed by atoms with Gasteiger partial charge in [-0.15, -0.1) is 11.3 Å². The van der Waals surface area contributed by atoms with Gasteiger partial charge in [0, 0.05) is 17.1 Å². The summed E-state index contributed by atoms with van der Waals surface area (Å²) in [6.45, 7) is 4.08. The first-order valence-electron chi connectivity index (χ1n) is 7.21. The van der Waals surface area contributed by atoms with Crippen molar-refractivity contribution in [3.63, 3.8) is 0 Å². The van der Waals surface area contributed by atoms with Crippen molar-refractivity contribution in [2.24, 2.45) is 5.73 Å². The Balaban J connectivity index is 2.18. The molecule has 0 saturated heterocycles. The number of benzene rings is 1. The highest BCUT2D eigenvalue weighted by molar-refractivity contribution is 9.10. The third kappa shape index (κ3) is 4.38. The number of amides is 1. The van der Waals surface area contributed by atoms with Gasteiger partial charge in [-0.1, -0.05) is 34.1 Å². The van der Waals surface area contributed by atoms with Gasteiger partial charge in [0.1, 0.15) is 11.0 Å².